The largest absolute Gasteiger partial charge is 1.00 e. The summed E-state index contributed by atoms with van der Waals surface area (Å²) in [7, 11) is 0. The number of morpholine rings is 2. The van der Waals surface area contributed by atoms with E-state index in [1.807, 2.05) is 74.2 Å². The van der Waals surface area contributed by atoms with E-state index in [0.717, 1.165) is 11.1 Å². The van der Waals surface area contributed by atoms with Crippen LogP contribution in [-0.2, 0) is 19.1 Å². The van der Waals surface area contributed by atoms with Crippen LogP contribution < -0.4 is 24.8 Å². The molecular weight excluding hydrogens is 503 g/mol. The van der Waals surface area contributed by atoms with Crippen molar-refractivity contribution in [1.82, 2.24) is 19.6 Å². The van der Waals surface area contributed by atoms with Gasteiger partial charge in [0, 0.05) is 0 Å². The third-order valence-electron chi connectivity index (χ3n) is 6.50. The average molecular weight is 537 g/mol. The lowest BCUT2D eigenvalue weighted by atomic mass is 10.0. The van der Waals surface area contributed by atoms with Crippen LogP contribution in [0.25, 0.3) is 0 Å². The first-order chi connectivity index (χ1) is 16.3. The van der Waals surface area contributed by atoms with E-state index in [-0.39, 0.29) is 73.9 Å². The zero-order chi connectivity index (χ0) is 24.2. The van der Waals surface area contributed by atoms with Gasteiger partial charge in [0.1, 0.15) is 50.0 Å². The molecule has 196 valence electrons. The highest BCUT2D eigenvalue weighted by Gasteiger charge is 2.33. The minimum Gasteiger partial charge on any atom is -1.00 e. The van der Waals surface area contributed by atoms with E-state index in [1.54, 1.807) is 9.80 Å². The molecule has 4 aliphatic heterocycles. The maximum atomic E-state index is 12.8. The Hall–Kier alpha value is -2.44. The first-order valence-electron chi connectivity index (χ1n) is 11.9. The normalized spacial score (nSPS) is 29.2. The van der Waals surface area contributed by atoms with Gasteiger partial charge in [-0.3, -0.25) is 9.59 Å². The predicted molar refractivity (Wildman–Crippen MR) is 128 cm³/mol. The highest BCUT2D eigenvalue weighted by Crippen LogP contribution is 2.21. The quantitative estimate of drug-likeness (QED) is 0.340. The fourth-order valence-corrected chi connectivity index (χ4v) is 4.83. The average Bonchev–Trinajstić information content (AvgIpc) is 2.80. The van der Waals surface area contributed by atoms with Gasteiger partial charge in [-0.2, -0.15) is 9.80 Å². The second-order valence-electron chi connectivity index (χ2n) is 9.42. The van der Waals surface area contributed by atoms with Gasteiger partial charge in [0.15, 0.2) is 11.1 Å². The zero-order valence-electron chi connectivity index (χ0n) is 21.2. The molecule has 0 saturated carbocycles. The summed E-state index contributed by atoms with van der Waals surface area (Å²) in [6.07, 6.45) is 17.8. The van der Waals surface area contributed by atoms with E-state index in [0.29, 0.717) is 26.4 Å². The van der Waals surface area contributed by atoms with E-state index in [1.165, 1.54) is 0 Å². The summed E-state index contributed by atoms with van der Waals surface area (Å²) in [5.41, 5.74) is 1.95. The molecule has 36 heavy (non-hydrogen) atoms. The fraction of sp³-hybridized carbons (Fsp3) is 0.538. The molecule has 2 fully saturated rings. The van der Waals surface area contributed by atoms with Crippen LogP contribution in [0, 0.1) is 12.4 Å². The van der Waals surface area contributed by atoms with E-state index >= 15 is 0 Å². The standard InChI is InChI=1S/C26H34N4O4.2ClH/c1-19-15-33-16-20(2)29(19)25(31)13-27-9-5-23(6-10-27)24-7-11-28(12-8-24)14-26(32)30-21(3)17-34-18-22(30)4;;/h5-9,11,19-22H,13-18H2,1-4H3;2*1H/q+2;;/p-2. The van der Waals surface area contributed by atoms with Gasteiger partial charge in [0.05, 0.1) is 62.7 Å². The molecule has 0 radical (unpaired) electrons. The molecule has 0 aromatic rings. The van der Waals surface area contributed by atoms with Crippen molar-refractivity contribution in [2.24, 2.45) is 0 Å². The minimum absolute atomic E-state index is 0. The smallest absolute Gasteiger partial charge is 0.246 e. The summed E-state index contributed by atoms with van der Waals surface area (Å²) in [5.74, 6) is 0.139. The van der Waals surface area contributed by atoms with Crippen LogP contribution in [0.1, 0.15) is 27.7 Å². The summed E-state index contributed by atoms with van der Waals surface area (Å²) >= 11 is 0. The van der Waals surface area contributed by atoms with Crippen molar-refractivity contribution >= 4 is 11.8 Å². The van der Waals surface area contributed by atoms with Crippen molar-refractivity contribution in [3.8, 4) is 0 Å². The van der Waals surface area contributed by atoms with Crippen molar-refractivity contribution in [3.63, 3.8) is 0 Å². The number of allylic oxidation sites excluding steroid dienone is 6. The third-order valence-corrected chi connectivity index (χ3v) is 6.50. The molecule has 4 atom stereocenters. The van der Waals surface area contributed by atoms with Crippen LogP contribution in [0.3, 0.4) is 0 Å². The molecule has 4 unspecified atom stereocenters. The van der Waals surface area contributed by atoms with E-state index in [9.17, 15) is 9.59 Å². The Kier molecular flexibility index (Phi) is 10.9. The number of hydrogen-bond acceptors (Lipinski definition) is 6. The number of ether oxygens (including phenoxy) is 2. The predicted octanol–water partition coefficient (Wildman–Crippen LogP) is -4.15. The highest BCUT2D eigenvalue weighted by molar-refractivity contribution is 5.80. The lowest BCUT2D eigenvalue weighted by Gasteiger charge is -2.39. The molecule has 8 nitrogen and oxygen atoms in total. The van der Waals surface area contributed by atoms with Crippen molar-refractivity contribution in [3.05, 3.63) is 60.3 Å². The molecule has 0 spiro atoms. The molecule has 2 saturated heterocycles. The van der Waals surface area contributed by atoms with Gasteiger partial charge < -0.3 is 44.1 Å². The Morgan fingerprint density at radius 2 is 1.06 bits per heavy atom. The topological polar surface area (TPSA) is 65.6 Å². The number of carbonyl (C=O) groups is 2. The molecule has 4 rings (SSSR count). The molecule has 0 aliphatic carbocycles. The molecule has 2 amide bonds. The Morgan fingerprint density at radius 3 is 1.33 bits per heavy atom. The Labute approximate surface area is 226 Å². The van der Waals surface area contributed by atoms with Crippen molar-refractivity contribution in [2.45, 2.75) is 51.9 Å². The van der Waals surface area contributed by atoms with Crippen LogP contribution >= 0.6 is 0 Å². The maximum Gasteiger partial charge on any atom is 0.246 e. The van der Waals surface area contributed by atoms with Gasteiger partial charge >= 0.3 is 0 Å². The van der Waals surface area contributed by atoms with Gasteiger partial charge in [0.2, 0.25) is 11.8 Å². The van der Waals surface area contributed by atoms with Crippen molar-refractivity contribution < 1.29 is 43.9 Å². The molecule has 4 heterocycles. The number of carbonyl (C=O) groups excluding carboxylic acids is 2. The number of amides is 2. The van der Waals surface area contributed by atoms with Gasteiger partial charge in [-0.1, -0.05) is 0 Å². The van der Waals surface area contributed by atoms with Crippen LogP contribution in [0.5, 0.6) is 0 Å². The van der Waals surface area contributed by atoms with Crippen LogP contribution in [-0.4, -0.2) is 95.1 Å². The maximum absolute atomic E-state index is 12.8. The molecule has 4 aliphatic rings. The number of rotatable bonds is 4. The molecular formula is C26H34Cl2N4O4. The van der Waals surface area contributed by atoms with Crippen molar-refractivity contribution in [1.29, 1.82) is 0 Å². The summed E-state index contributed by atoms with van der Waals surface area (Å²) in [4.78, 5) is 33.0. The van der Waals surface area contributed by atoms with E-state index in [4.69, 9.17) is 9.47 Å². The first-order valence-corrected chi connectivity index (χ1v) is 11.9. The molecule has 10 heteroatoms. The Bertz CT molecular complexity index is 822. The number of halogens is 2. The van der Waals surface area contributed by atoms with Crippen LogP contribution in [0.15, 0.2) is 47.9 Å². The van der Waals surface area contributed by atoms with Crippen molar-refractivity contribution in [2.75, 3.05) is 39.5 Å². The number of nitrogens with zero attached hydrogens (tertiary/aromatic N) is 4. The molecule has 0 N–H and O–H groups in total. The Morgan fingerprint density at radius 1 is 0.722 bits per heavy atom. The zero-order valence-corrected chi connectivity index (χ0v) is 22.7. The third kappa shape index (κ3) is 6.86. The Balaban J connectivity index is 0.00000228. The molecule has 0 aromatic heterocycles. The molecule has 0 aromatic carbocycles. The van der Waals surface area contributed by atoms with Crippen LogP contribution in [0.2, 0.25) is 0 Å². The highest BCUT2D eigenvalue weighted by atomic mass is 35.5. The fourth-order valence-electron chi connectivity index (χ4n) is 4.83. The molecule has 0 bridgehead atoms. The van der Waals surface area contributed by atoms with Gasteiger partial charge in [-0.25, -0.2) is 0 Å². The second-order valence-corrected chi connectivity index (χ2v) is 9.42. The summed E-state index contributed by atoms with van der Waals surface area (Å²) in [6.45, 7) is 10.8. The first kappa shape index (κ1) is 29.8. The van der Waals surface area contributed by atoms with Crippen LogP contribution in [0.4, 0.5) is 0 Å². The van der Waals surface area contributed by atoms with E-state index < -0.39 is 0 Å². The summed E-state index contributed by atoms with van der Waals surface area (Å²) in [6, 6.07) is 0.293. The van der Waals surface area contributed by atoms with Gasteiger partial charge in [0.25, 0.3) is 0 Å². The second kappa shape index (κ2) is 13.2. The monoisotopic (exact) mass is 536 g/mol. The number of hydrogen-bond donors (Lipinski definition) is 0. The SMILES string of the molecule is CC1COCC(C)N1C(=O)CN1[C+]=CC(=C2C=[C+]N(CC(=O)N3C(C)COCC3C)C=C2)C=C1.[Cl-].[Cl-]. The lowest BCUT2D eigenvalue weighted by molar-refractivity contribution is -0.145. The summed E-state index contributed by atoms with van der Waals surface area (Å²) < 4.78 is 11.0. The van der Waals surface area contributed by atoms with Gasteiger partial charge in [-0.15, -0.1) is 0 Å². The minimum atomic E-state index is 0. The summed E-state index contributed by atoms with van der Waals surface area (Å²) in [5, 5.41) is 0. The lowest BCUT2D eigenvalue weighted by Crippen LogP contribution is -3.00. The van der Waals surface area contributed by atoms with Gasteiger partial charge in [-0.05, 0) is 27.7 Å². The van der Waals surface area contributed by atoms with E-state index in [2.05, 4.69) is 12.4 Å².